The van der Waals surface area contributed by atoms with Crippen molar-refractivity contribution in [3.8, 4) is 11.5 Å². The Kier molecular flexibility index (Phi) is 6.20. The van der Waals surface area contributed by atoms with Crippen LogP contribution in [0.25, 0.3) is 10.1 Å². The maximum Gasteiger partial charge on any atom is 0.293 e. The zero-order valence-corrected chi connectivity index (χ0v) is 15.1. The van der Waals surface area contributed by atoms with Gasteiger partial charge in [0.2, 0.25) is 0 Å². The van der Waals surface area contributed by atoms with E-state index in [4.69, 9.17) is 14.2 Å². The van der Waals surface area contributed by atoms with Crippen molar-refractivity contribution in [2.45, 2.75) is 32.8 Å². The van der Waals surface area contributed by atoms with Crippen LogP contribution in [0.3, 0.4) is 0 Å². The number of ether oxygens (including phenoxy) is 3. The van der Waals surface area contributed by atoms with E-state index >= 15 is 0 Å². The second kappa shape index (κ2) is 8.15. The first-order chi connectivity index (χ1) is 11.6. The maximum atomic E-state index is 12.9. The number of thiophene rings is 1. The van der Waals surface area contributed by atoms with Gasteiger partial charge in [-0.05, 0) is 30.4 Å². The van der Waals surface area contributed by atoms with E-state index in [2.05, 4.69) is 0 Å². The molecule has 1 aromatic carbocycles. The van der Waals surface area contributed by atoms with E-state index in [0.717, 1.165) is 10.1 Å². The molecule has 1 heterocycles. The van der Waals surface area contributed by atoms with Crippen LogP contribution in [0.1, 0.15) is 36.4 Å². The molecule has 0 aliphatic carbocycles. The van der Waals surface area contributed by atoms with Crippen LogP contribution in [-0.4, -0.2) is 32.6 Å². The Morgan fingerprint density at radius 3 is 2.33 bits per heavy atom. The van der Waals surface area contributed by atoms with Gasteiger partial charge in [0.25, 0.3) is 6.47 Å². The molecule has 0 spiro atoms. The molecule has 24 heavy (non-hydrogen) atoms. The van der Waals surface area contributed by atoms with Crippen LogP contribution in [0.2, 0.25) is 0 Å². The van der Waals surface area contributed by atoms with Gasteiger partial charge in [0.1, 0.15) is 6.10 Å². The molecule has 0 bridgehead atoms. The molecule has 2 atom stereocenters. The lowest BCUT2D eigenvalue weighted by Gasteiger charge is -2.21. The highest BCUT2D eigenvalue weighted by atomic mass is 32.1. The van der Waals surface area contributed by atoms with Crippen LogP contribution in [-0.2, 0) is 9.53 Å². The highest BCUT2D eigenvalue weighted by Crippen LogP contribution is 2.37. The topological polar surface area (TPSA) is 61.8 Å². The number of carbonyl (C=O) groups is 2. The number of rotatable bonds is 9. The monoisotopic (exact) mass is 350 g/mol. The first-order valence-corrected chi connectivity index (χ1v) is 8.70. The minimum atomic E-state index is -0.394. The van der Waals surface area contributed by atoms with E-state index in [1.165, 1.54) is 11.3 Å². The summed E-state index contributed by atoms with van der Waals surface area (Å²) in [5, 5.41) is 0.931. The van der Waals surface area contributed by atoms with Gasteiger partial charge in [-0.15, -0.1) is 11.3 Å². The minimum Gasteiger partial charge on any atom is -0.493 e. The molecule has 0 radical (unpaired) electrons. The van der Waals surface area contributed by atoms with Crippen LogP contribution in [0.4, 0.5) is 0 Å². The van der Waals surface area contributed by atoms with Crippen molar-refractivity contribution >= 4 is 33.7 Å². The molecule has 0 saturated carbocycles. The normalized spacial score (nSPS) is 13.3. The minimum absolute atomic E-state index is 0.00494. The molecule has 0 aliphatic heterocycles. The summed E-state index contributed by atoms with van der Waals surface area (Å²) >= 11 is 1.41. The number of fused-ring (bicyclic) bond motifs is 1. The van der Waals surface area contributed by atoms with Gasteiger partial charge in [-0.2, -0.15) is 0 Å². The largest absolute Gasteiger partial charge is 0.493 e. The molecule has 130 valence electrons. The number of hydrogen-bond acceptors (Lipinski definition) is 6. The van der Waals surface area contributed by atoms with Crippen molar-refractivity contribution in [3.63, 3.8) is 0 Å². The molecule has 0 saturated heterocycles. The fourth-order valence-electron chi connectivity index (χ4n) is 2.83. The SMILES string of the molecule is CCC(OC=O)C(CC)C(=O)c1cc2cc(OC)c(OC)cc2s1. The van der Waals surface area contributed by atoms with Gasteiger partial charge in [-0.3, -0.25) is 9.59 Å². The second-order valence-electron chi connectivity index (χ2n) is 5.41. The third-order valence-corrected chi connectivity index (χ3v) is 5.24. The molecule has 0 N–H and O–H groups in total. The van der Waals surface area contributed by atoms with Crippen LogP contribution in [0.5, 0.6) is 11.5 Å². The fraction of sp³-hybridized carbons (Fsp3) is 0.444. The molecule has 1 aromatic heterocycles. The third-order valence-electron chi connectivity index (χ3n) is 4.12. The first-order valence-electron chi connectivity index (χ1n) is 7.88. The molecule has 2 rings (SSSR count). The zero-order chi connectivity index (χ0) is 17.7. The summed E-state index contributed by atoms with van der Waals surface area (Å²) in [7, 11) is 3.16. The average Bonchev–Trinajstić information content (AvgIpc) is 3.02. The Balaban J connectivity index is 2.39. The van der Waals surface area contributed by atoms with Crippen molar-refractivity contribution in [1.29, 1.82) is 0 Å². The van der Waals surface area contributed by atoms with E-state index < -0.39 is 6.10 Å². The van der Waals surface area contributed by atoms with Gasteiger partial charge >= 0.3 is 0 Å². The number of carbonyl (C=O) groups excluding carboxylic acids is 2. The third kappa shape index (κ3) is 3.53. The predicted octanol–water partition coefficient (Wildman–Crippen LogP) is 4.08. The van der Waals surface area contributed by atoms with Gasteiger partial charge in [0, 0.05) is 10.8 Å². The van der Waals surface area contributed by atoms with E-state index in [0.29, 0.717) is 35.7 Å². The van der Waals surface area contributed by atoms with Gasteiger partial charge < -0.3 is 14.2 Å². The molecule has 5 nitrogen and oxygen atoms in total. The number of ketones is 1. The van der Waals surface area contributed by atoms with Crippen LogP contribution < -0.4 is 9.47 Å². The van der Waals surface area contributed by atoms with Crippen molar-refractivity contribution in [1.82, 2.24) is 0 Å². The van der Waals surface area contributed by atoms with Crippen LogP contribution in [0, 0.1) is 5.92 Å². The van der Waals surface area contributed by atoms with E-state index in [9.17, 15) is 9.59 Å². The maximum absolute atomic E-state index is 12.9. The summed E-state index contributed by atoms with van der Waals surface area (Å²) in [6.07, 6.45) is 0.830. The Morgan fingerprint density at radius 1 is 1.12 bits per heavy atom. The van der Waals surface area contributed by atoms with Crippen LogP contribution in [0.15, 0.2) is 18.2 Å². The lowest BCUT2D eigenvalue weighted by Crippen LogP contribution is -2.29. The predicted molar refractivity (Wildman–Crippen MR) is 94.3 cm³/mol. The Bertz CT molecular complexity index is 681. The Morgan fingerprint density at radius 2 is 1.79 bits per heavy atom. The van der Waals surface area contributed by atoms with E-state index in [1.54, 1.807) is 14.2 Å². The molecule has 0 aliphatic rings. The number of hydrogen-bond donors (Lipinski definition) is 0. The quantitative estimate of drug-likeness (QED) is 0.504. The summed E-state index contributed by atoms with van der Waals surface area (Å²) in [6.45, 7) is 4.26. The number of benzene rings is 1. The molecular formula is C18H22O5S. The standard InChI is InChI=1S/C18H22O5S/c1-5-12(13(6-2)23-10-19)18(20)17-8-11-7-14(21-3)15(22-4)9-16(11)24-17/h7-10,12-13H,5-6H2,1-4H3. The van der Waals surface area contributed by atoms with E-state index in [1.807, 2.05) is 32.0 Å². The Labute approximate surface area is 145 Å². The summed E-state index contributed by atoms with van der Waals surface area (Å²) in [5.74, 6) is 0.931. The summed E-state index contributed by atoms with van der Waals surface area (Å²) in [6, 6.07) is 5.60. The van der Waals surface area contributed by atoms with Crippen LogP contribution >= 0.6 is 11.3 Å². The van der Waals surface area contributed by atoms with E-state index in [-0.39, 0.29) is 11.7 Å². The van der Waals surface area contributed by atoms with Crippen molar-refractivity contribution in [3.05, 3.63) is 23.1 Å². The molecule has 2 unspecified atom stereocenters. The smallest absolute Gasteiger partial charge is 0.293 e. The average molecular weight is 350 g/mol. The highest BCUT2D eigenvalue weighted by molar-refractivity contribution is 7.20. The lowest BCUT2D eigenvalue weighted by molar-refractivity contribution is -0.135. The highest BCUT2D eigenvalue weighted by Gasteiger charge is 2.29. The molecule has 6 heteroatoms. The first kappa shape index (κ1) is 18.3. The van der Waals surface area contributed by atoms with Crippen molar-refractivity contribution in [2.24, 2.45) is 5.92 Å². The Hall–Kier alpha value is -2.08. The summed E-state index contributed by atoms with van der Waals surface area (Å²) in [4.78, 5) is 24.2. The second-order valence-corrected chi connectivity index (χ2v) is 6.50. The molecule has 0 fully saturated rings. The zero-order valence-electron chi connectivity index (χ0n) is 14.3. The molecule has 0 amide bonds. The lowest BCUT2D eigenvalue weighted by atomic mass is 9.92. The number of Topliss-reactive ketones (excluding diaryl/α,β-unsaturated/α-hetero) is 1. The van der Waals surface area contributed by atoms with Gasteiger partial charge in [0.15, 0.2) is 17.3 Å². The summed E-state index contributed by atoms with van der Waals surface area (Å²) < 4.78 is 16.7. The van der Waals surface area contributed by atoms with Gasteiger partial charge in [0.05, 0.1) is 25.0 Å². The van der Waals surface area contributed by atoms with Crippen molar-refractivity contribution in [2.75, 3.05) is 14.2 Å². The molecular weight excluding hydrogens is 328 g/mol. The molecule has 2 aromatic rings. The van der Waals surface area contributed by atoms with Gasteiger partial charge in [-0.25, -0.2) is 0 Å². The fourth-order valence-corrected chi connectivity index (χ4v) is 3.91. The van der Waals surface area contributed by atoms with Crippen molar-refractivity contribution < 1.29 is 23.8 Å². The van der Waals surface area contributed by atoms with Gasteiger partial charge in [-0.1, -0.05) is 13.8 Å². The summed E-state index contributed by atoms with van der Waals surface area (Å²) in [5.41, 5.74) is 0. The number of methoxy groups -OCH3 is 2.